The summed E-state index contributed by atoms with van der Waals surface area (Å²) in [5.74, 6) is 1.88. The van der Waals surface area contributed by atoms with Crippen molar-refractivity contribution in [1.29, 1.82) is 0 Å². The maximum atomic E-state index is 9.73. The van der Waals surface area contributed by atoms with Crippen LogP contribution in [0.25, 0.3) is 0 Å². The van der Waals surface area contributed by atoms with Crippen molar-refractivity contribution < 1.29 is 9.84 Å². The topological polar surface area (TPSA) is 79.5 Å². The van der Waals surface area contributed by atoms with E-state index in [4.69, 9.17) is 4.74 Å². The van der Waals surface area contributed by atoms with E-state index in [0.717, 1.165) is 48.9 Å². The molecule has 2 heterocycles. The van der Waals surface area contributed by atoms with E-state index in [-0.39, 0.29) is 11.8 Å². The van der Waals surface area contributed by atoms with Crippen LogP contribution in [0.5, 0.6) is 11.5 Å². The van der Waals surface area contributed by atoms with E-state index in [0.29, 0.717) is 6.54 Å². The molecule has 0 aliphatic carbocycles. The number of tetrazole rings is 1. The summed E-state index contributed by atoms with van der Waals surface area (Å²) in [5.41, 5.74) is 2.17. The summed E-state index contributed by atoms with van der Waals surface area (Å²) in [6, 6.07) is 15.2. The minimum absolute atomic E-state index is 0.0717. The second-order valence-electron chi connectivity index (χ2n) is 7.38. The largest absolute Gasteiger partial charge is 0.508 e. The minimum atomic E-state index is -0.0717. The Labute approximate surface area is 170 Å². The lowest BCUT2D eigenvalue weighted by Crippen LogP contribution is -2.46. The number of hydrogen-bond acceptors (Lipinski definition) is 7. The van der Waals surface area contributed by atoms with Gasteiger partial charge in [0.25, 0.3) is 0 Å². The first-order chi connectivity index (χ1) is 14.1. The molecule has 1 fully saturated rings. The number of piperazine rings is 1. The first kappa shape index (κ1) is 19.4. The summed E-state index contributed by atoms with van der Waals surface area (Å²) in [7, 11) is 3.80. The van der Waals surface area contributed by atoms with E-state index in [1.807, 2.05) is 41.1 Å². The van der Waals surface area contributed by atoms with Crippen LogP contribution in [0.15, 0.2) is 48.5 Å². The van der Waals surface area contributed by atoms with Crippen LogP contribution in [0.4, 0.5) is 0 Å². The standard InChI is InChI=1S/C21H26N6O2/c1-25-11-13-26(14-12-25)20(17-5-7-18(28)8-6-17)21-22-23-24-27(21)15-16-3-9-19(29-2)10-4-16/h3-10,20,28H,11-15H2,1-2H3. The van der Waals surface area contributed by atoms with Crippen LogP contribution in [-0.2, 0) is 6.54 Å². The molecule has 1 aliphatic heterocycles. The van der Waals surface area contributed by atoms with Crippen LogP contribution < -0.4 is 4.74 Å². The van der Waals surface area contributed by atoms with Crippen molar-refractivity contribution in [1.82, 2.24) is 30.0 Å². The molecule has 0 spiro atoms. The van der Waals surface area contributed by atoms with Gasteiger partial charge in [0.05, 0.1) is 19.7 Å². The van der Waals surface area contributed by atoms with Crippen molar-refractivity contribution >= 4 is 0 Å². The van der Waals surface area contributed by atoms with Crippen LogP contribution in [0, 0.1) is 0 Å². The van der Waals surface area contributed by atoms with E-state index in [1.54, 1.807) is 19.2 Å². The van der Waals surface area contributed by atoms with Crippen molar-refractivity contribution in [2.24, 2.45) is 0 Å². The summed E-state index contributed by atoms with van der Waals surface area (Å²) in [4.78, 5) is 4.73. The van der Waals surface area contributed by atoms with E-state index < -0.39 is 0 Å². The van der Waals surface area contributed by atoms with Gasteiger partial charge < -0.3 is 14.7 Å². The Kier molecular flexibility index (Phi) is 5.73. The van der Waals surface area contributed by atoms with Gasteiger partial charge in [0.1, 0.15) is 11.5 Å². The average molecular weight is 394 g/mol. The fraction of sp³-hybridized carbons (Fsp3) is 0.381. The number of rotatable bonds is 6. The lowest BCUT2D eigenvalue weighted by atomic mass is 10.0. The third-order valence-corrected chi connectivity index (χ3v) is 5.41. The van der Waals surface area contributed by atoms with Gasteiger partial charge in [-0.2, -0.15) is 0 Å². The van der Waals surface area contributed by atoms with Gasteiger partial charge in [0, 0.05) is 26.2 Å². The molecule has 1 unspecified atom stereocenters. The molecule has 1 aromatic heterocycles. The van der Waals surface area contributed by atoms with Gasteiger partial charge in [-0.15, -0.1) is 5.10 Å². The van der Waals surface area contributed by atoms with Crippen LogP contribution in [0.2, 0.25) is 0 Å². The summed E-state index contributed by atoms with van der Waals surface area (Å²) in [6.07, 6.45) is 0. The van der Waals surface area contributed by atoms with Gasteiger partial charge in [-0.05, 0) is 52.9 Å². The van der Waals surface area contributed by atoms with E-state index in [9.17, 15) is 5.11 Å². The molecule has 152 valence electrons. The van der Waals surface area contributed by atoms with E-state index in [1.165, 1.54) is 0 Å². The molecule has 1 saturated heterocycles. The molecular weight excluding hydrogens is 368 g/mol. The molecular formula is C21H26N6O2. The third-order valence-electron chi connectivity index (χ3n) is 5.41. The summed E-state index contributed by atoms with van der Waals surface area (Å²) in [6.45, 7) is 4.42. The molecule has 0 radical (unpaired) electrons. The monoisotopic (exact) mass is 394 g/mol. The van der Waals surface area contributed by atoms with Crippen molar-refractivity contribution in [3.05, 3.63) is 65.5 Å². The maximum absolute atomic E-state index is 9.73. The van der Waals surface area contributed by atoms with E-state index in [2.05, 4.69) is 32.4 Å². The van der Waals surface area contributed by atoms with Crippen LogP contribution in [0.1, 0.15) is 23.0 Å². The Bertz CT molecular complexity index is 917. The quantitative estimate of drug-likeness (QED) is 0.683. The first-order valence-corrected chi connectivity index (χ1v) is 9.74. The van der Waals surface area contributed by atoms with Gasteiger partial charge in [-0.3, -0.25) is 4.90 Å². The predicted octanol–water partition coefficient (Wildman–Crippen LogP) is 1.77. The molecule has 0 amide bonds. The number of aromatic hydroxyl groups is 1. The maximum Gasteiger partial charge on any atom is 0.173 e. The van der Waals surface area contributed by atoms with Crippen molar-refractivity contribution in [2.75, 3.05) is 40.3 Å². The highest BCUT2D eigenvalue weighted by Crippen LogP contribution is 2.29. The second kappa shape index (κ2) is 8.59. The van der Waals surface area contributed by atoms with E-state index >= 15 is 0 Å². The number of methoxy groups -OCH3 is 1. The van der Waals surface area contributed by atoms with Gasteiger partial charge >= 0.3 is 0 Å². The number of aromatic nitrogens is 4. The molecule has 3 aromatic rings. The SMILES string of the molecule is COc1ccc(Cn2nnnc2C(c2ccc(O)cc2)N2CCN(C)CC2)cc1. The number of nitrogens with zero attached hydrogens (tertiary/aromatic N) is 6. The molecule has 2 aromatic carbocycles. The zero-order valence-corrected chi connectivity index (χ0v) is 16.8. The lowest BCUT2D eigenvalue weighted by molar-refractivity contribution is 0.121. The van der Waals surface area contributed by atoms with Gasteiger partial charge in [-0.25, -0.2) is 4.68 Å². The summed E-state index contributed by atoms with van der Waals surface area (Å²) in [5, 5.41) is 22.4. The van der Waals surface area contributed by atoms with Crippen molar-refractivity contribution in [2.45, 2.75) is 12.6 Å². The Morgan fingerprint density at radius 3 is 2.34 bits per heavy atom. The fourth-order valence-corrected chi connectivity index (χ4v) is 3.68. The molecule has 1 atom stereocenters. The molecule has 1 N–H and O–H groups in total. The fourth-order valence-electron chi connectivity index (χ4n) is 3.68. The van der Waals surface area contributed by atoms with Crippen molar-refractivity contribution in [3.8, 4) is 11.5 Å². The lowest BCUT2D eigenvalue weighted by Gasteiger charge is -2.37. The molecule has 29 heavy (non-hydrogen) atoms. The number of benzene rings is 2. The van der Waals surface area contributed by atoms with Gasteiger partial charge in [0.2, 0.25) is 0 Å². The molecule has 0 bridgehead atoms. The number of ether oxygens (including phenoxy) is 1. The third kappa shape index (κ3) is 4.38. The normalized spacial score (nSPS) is 16.6. The van der Waals surface area contributed by atoms with Gasteiger partial charge in [-0.1, -0.05) is 24.3 Å². The number of hydrogen-bond donors (Lipinski definition) is 1. The Morgan fingerprint density at radius 2 is 1.69 bits per heavy atom. The zero-order valence-electron chi connectivity index (χ0n) is 16.8. The summed E-state index contributed by atoms with van der Waals surface area (Å²) < 4.78 is 7.10. The van der Waals surface area contributed by atoms with Crippen LogP contribution >= 0.6 is 0 Å². The van der Waals surface area contributed by atoms with Gasteiger partial charge in [0.15, 0.2) is 5.82 Å². The number of likely N-dealkylation sites (N-methyl/N-ethyl adjacent to an activating group) is 1. The molecule has 0 saturated carbocycles. The highest BCUT2D eigenvalue weighted by molar-refractivity contribution is 5.32. The number of phenolic OH excluding ortho intramolecular Hbond substituents is 1. The highest BCUT2D eigenvalue weighted by Gasteiger charge is 2.30. The van der Waals surface area contributed by atoms with Crippen LogP contribution in [0.3, 0.4) is 0 Å². The second-order valence-corrected chi connectivity index (χ2v) is 7.38. The Morgan fingerprint density at radius 1 is 1.00 bits per heavy atom. The van der Waals surface area contributed by atoms with Crippen LogP contribution in [-0.4, -0.2) is 75.5 Å². The predicted molar refractivity (Wildman–Crippen MR) is 109 cm³/mol. The number of phenols is 1. The first-order valence-electron chi connectivity index (χ1n) is 9.74. The smallest absolute Gasteiger partial charge is 0.173 e. The minimum Gasteiger partial charge on any atom is -0.508 e. The summed E-state index contributed by atoms with van der Waals surface area (Å²) >= 11 is 0. The highest BCUT2D eigenvalue weighted by atomic mass is 16.5. The molecule has 8 nitrogen and oxygen atoms in total. The zero-order chi connectivity index (χ0) is 20.2. The molecule has 4 rings (SSSR count). The average Bonchev–Trinajstić information content (AvgIpc) is 3.19. The molecule has 1 aliphatic rings. The van der Waals surface area contributed by atoms with Crippen molar-refractivity contribution in [3.63, 3.8) is 0 Å². The Hall–Kier alpha value is -2.97. The Balaban J connectivity index is 1.65. The molecule has 8 heteroatoms.